The number of ether oxygens (including phenoxy) is 2. The fourth-order valence-corrected chi connectivity index (χ4v) is 4.04. The lowest BCUT2D eigenvalue weighted by atomic mass is 9.87. The summed E-state index contributed by atoms with van der Waals surface area (Å²) in [7, 11) is 3.22. The van der Waals surface area contributed by atoms with E-state index in [4.69, 9.17) is 9.47 Å². The summed E-state index contributed by atoms with van der Waals surface area (Å²) < 4.78 is 11.0. The van der Waals surface area contributed by atoms with Gasteiger partial charge in [0.05, 0.1) is 20.1 Å². The van der Waals surface area contributed by atoms with Gasteiger partial charge in [0, 0.05) is 36.7 Å². The van der Waals surface area contributed by atoms with Gasteiger partial charge in [-0.25, -0.2) is 0 Å². The number of carbonyl (C=O) groups excluding carboxylic acids is 2. The Bertz CT molecular complexity index is 912. The average Bonchev–Trinajstić information content (AvgIpc) is 3.22. The maximum absolute atomic E-state index is 13.2. The van der Waals surface area contributed by atoms with Crippen LogP contribution in [0, 0.1) is 12.8 Å². The van der Waals surface area contributed by atoms with Gasteiger partial charge in [0.25, 0.3) is 5.91 Å². The first-order chi connectivity index (χ1) is 14.5. The standard InChI is InChI=1S/C24H30N2O4/c1-5-12-25-23(27)21-15-26(24(28)18-9-7-6-8-16(18)2)14-20(21)19-13-17(29-3)10-11-22(19)30-4/h6-11,13,20-21H,5,12,14-15H2,1-4H3,(H,25,27). The third-order valence-corrected chi connectivity index (χ3v) is 5.70. The minimum atomic E-state index is -0.356. The summed E-state index contributed by atoms with van der Waals surface area (Å²) in [6, 6.07) is 13.1. The van der Waals surface area contributed by atoms with Gasteiger partial charge in [-0.05, 0) is 43.2 Å². The molecule has 6 heteroatoms. The van der Waals surface area contributed by atoms with Crippen LogP contribution >= 0.6 is 0 Å². The highest BCUT2D eigenvalue weighted by molar-refractivity contribution is 5.96. The molecular weight excluding hydrogens is 380 g/mol. The Morgan fingerprint density at radius 2 is 1.87 bits per heavy atom. The van der Waals surface area contributed by atoms with Crippen LogP contribution in [0.1, 0.15) is 40.7 Å². The first-order valence-electron chi connectivity index (χ1n) is 10.3. The largest absolute Gasteiger partial charge is 0.497 e. The van der Waals surface area contributed by atoms with Gasteiger partial charge < -0.3 is 19.7 Å². The molecular formula is C24H30N2O4. The molecule has 3 rings (SSSR count). The van der Waals surface area contributed by atoms with E-state index in [0.717, 1.165) is 17.5 Å². The van der Waals surface area contributed by atoms with Crippen molar-refractivity contribution in [3.8, 4) is 11.5 Å². The summed E-state index contributed by atoms with van der Waals surface area (Å²) >= 11 is 0. The lowest BCUT2D eigenvalue weighted by Gasteiger charge is -2.21. The number of hydrogen-bond donors (Lipinski definition) is 1. The molecule has 0 saturated carbocycles. The SMILES string of the molecule is CCCNC(=O)C1CN(C(=O)c2ccccc2C)CC1c1cc(OC)ccc1OC. The zero-order valence-corrected chi connectivity index (χ0v) is 18.1. The van der Waals surface area contributed by atoms with Crippen molar-refractivity contribution in [3.63, 3.8) is 0 Å². The van der Waals surface area contributed by atoms with Crippen LogP contribution in [-0.4, -0.2) is 50.6 Å². The van der Waals surface area contributed by atoms with Crippen LogP contribution in [0.5, 0.6) is 11.5 Å². The summed E-state index contributed by atoms with van der Waals surface area (Å²) in [6.45, 7) is 5.38. The van der Waals surface area contributed by atoms with E-state index in [9.17, 15) is 9.59 Å². The van der Waals surface area contributed by atoms with Gasteiger partial charge in [-0.3, -0.25) is 9.59 Å². The highest BCUT2D eigenvalue weighted by Gasteiger charge is 2.42. The molecule has 0 spiro atoms. The zero-order chi connectivity index (χ0) is 21.7. The number of nitrogens with zero attached hydrogens (tertiary/aromatic N) is 1. The lowest BCUT2D eigenvalue weighted by molar-refractivity contribution is -0.124. The van der Waals surface area contributed by atoms with Gasteiger partial charge in [-0.2, -0.15) is 0 Å². The Kier molecular flexibility index (Phi) is 6.98. The van der Waals surface area contributed by atoms with E-state index in [1.165, 1.54) is 0 Å². The summed E-state index contributed by atoms with van der Waals surface area (Å²) in [5, 5.41) is 3.00. The number of amides is 2. The van der Waals surface area contributed by atoms with E-state index in [1.807, 2.05) is 56.3 Å². The molecule has 6 nitrogen and oxygen atoms in total. The molecule has 0 aliphatic carbocycles. The van der Waals surface area contributed by atoms with Gasteiger partial charge in [0.2, 0.25) is 5.91 Å². The summed E-state index contributed by atoms with van der Waals surface area (Å²) in [6.07, 6.45) is 0.859. The van der Waals surface area contributed by atoms with Crippen LogP contribution in [-0.2, 0) is 4.79 Å². The predicted molar refractivity (Wildman–Crippen MR) is 116 cm³/mol. The lowest BCUT2D eigenvalue weighted by Crippen LogP contribution is -2.36. The topological polar surface area (TPSA) is 67.9 Å². The summed E-state index contributed by atoms with van der Waals surface area (Å²) in [5.41, 5.74) is 2.48. The van der Waals surface area contributed by atoms with E-state index in [2.05, 4.69) is 5.32 Å². The first kappa shape index (κ1) is 21.7. The Morgan fingerprint density at radius 1 is 1.10 bits per heavy atom. The van der Waals surface area contributed by atoms with Gasteiger partial charge in [0.15, 0.2) is 0 Å². The van der Waals surface area contributed by atoms with E-state index in [1.54, 1.807) is 19.1 Å². The molecule has 0 radical (unpaired) electrons. The van der Waals surface area contributed by atoms with E-state index >= 15 is 0 Å². The average molecular weight is 411 g/mol. The van der Waals surface area contributed by atoms with Crippen molar-refractivity contribution in [2.45, 2.75) is 26.2 Å². The number of likely N-dealkylation sites (tertiary alicyclic amines) is 1. The number of methoxy groups -OCH3 is 2. The minimum absolute atomic E-state index is 0.0354. The van der Waals surface area contributed by atoms with Crippen molar-refractivity contribution >= 4 is 11.8 Å². The summed E-state index contributed by atoms with van der Waals surface area (Å²) in [5.74, 6) is 0.768. The van der Waals surface area contributed by atoms with Gasteiger partial charge in [-0.15, -0.1) is 0 Å². The molecule has 1 aliphatic heterocycles. The second-order valence-corrected chi connectivity index (χ2v) is 7.64. The van der Waals surface area contributed by atoms with E-state index < -0.39 is 0 Å². The molecule has 0 bridgehead atoms. The Morgan fingerprint density at radius 3 is 2.53 bits per heavy atom. The molecule has 1 heterocycles. The third-order valence-electron chi connectivity index (χ3n) is 5.70. The second-order valence-electron chi connectivity index (χ2n) is 7.64. The predicted octanol–water partition coefficient (Wildman–Crippen LogP) is 3.39. The van der Waals surface area contributed by atoms with Gasteiger partial charge in [-0.1, -0.05) is 25.1 Å². The second kappa shape index (κ2) is 9.65. The highest BCUT2D eigenvalue weighted by atomic mass is 16.5. The Hall–Kier alpha value is -3.02. The van der Waals surface area contributed by atoms with Crippen molar-refractivity contribution in [1.82, 2.24) is 10.2 Å². The van der Waals surface area contributed by atoms with Crippen molar-refractivity contribution < 1.29 is 19.1 Å². The normalized spacial score (nSPS) is 18.2. The quantitative estimate of drug-likeness (QED) is 0.760. The molecule has 1 fully saturated rings. The fourth-order valence-electron chi connectivity index (χ4n) is 4.04. The monoisotopic (exact) mass is 410 g/mol. The first-order valence-corrected chi connectivity index (χ1v) is 10.3. The molecule has 2 aromatic carbocycles. The van der Waals surface area contributed by atoms with Crippen molar-refractivity contribution in [2.24, 2.45) is 5.92 Å². The number of aryl methyl sites for hydroxylation is 1. The number of rotatable bonds is 7. The van der Waals surface area contributed by atoms with Crippen LogP contribution in [0.2, 0.25) is 0 Å². The fraction of sp³-hybridized carbons (Fsp3) is 0.417. The van der Waals surface area contributed by atoms with Crippen LogP contribution in [0.4, 0.5) is 0 Å². The maximum atomic E-state index is 13.2. The van der Waals surface area contributed by atoms with Gasteiger partial charge >= 0.3 is 0 Å². The third kappa shape index (κ3) is 4.42. The zero-order valence-electron chi connectivity index (χ0n) is 18.1. The molecule has 160 valence electrons. The molecule has 30 heavy (non-hydrogen) atoms. The molecule has 2 unspecified atom stereocenters. The van der Waals surface area contributed by atoms with Gasteiger partial charge in [0.1, 0.15) is 11.5 Å². The number of carbonyl (C=O) groups is 2. The van der Waals surface area contributed by atoms with E-state index in [0.29, 0.717) is 36.7 Å². The molecule has 2 atom stereocenters. The molecule has 2 aromatic rings. The van der Waals surface area contributed by atoms with Crippen molar-refractivity contribution in [2.75, 3.05) is 33.9 Å². The van der Waals surface area contributed by atoms with E-state index in [-0.39, 0.29) is 23.7 Å². The molecule has 1 aliphatic rings. The highest BCUT2D eigenvalue weighted by Crippen LogP contribution is 2.40. The Labute approximate surface area is 178 Å². The number of hydrogen-bond acceptors (Lipinski definition) is 4. The van der Waals surface area contributed by atoms with Crippen LogP contribution in [0.3, 0.4) is 0 Å². The molecule has 1 N–H and O–H groups in total. The maximum Gasteiger partial charge on any atom is 0.254 e. The van der Waals surface area contributed by atoms with Crippen molar-refractivity contribution in [3.05, 3.63) is 59.2 Å². The van der Waals surface area contributed by atoms with Crippen LogP contribution in [0.25, 0.3) is 0 Å². The van der Waals surface area contributed by atoms with Crippen molar-refractivity contribution in [1.29, 1.82) is 0 Å². The minimum Gasteiger partial charge on any atom is -0.497 e. The van der Waals surface area contributed by atoms with Crippen LogP contribution in [0.15, 0.2) is 42.5 Å². The molecule has 0 aromatic heterocycles. The smallest absolute Gasteiger partial charge is 0.254 e. The molecule has 2 amide bonds. The summed E-state index contributed by atoms with van der Waals surface area (Å²) in [4.78, 5) is 28.0. The number of nitrogens with one attached hydrogen (secondary N) is 1. The Balaban J connectivity index is 1.96. The molecule has 1 saturated heterocycles. The van der Waals surface area contributed by atoms with Crippen LogP contribution < -0.4 is 14.8 Å². The number of benzene rings is 2.